The maximum atomic E-state index is 12.3. The van der Waals surface area contributed by atoms with E-state index in [1.54, 1.807) is 6.20 Å². The predicted octanol–water partition coefficient (Wildman–Crippen LogP) is 3.57. The zero-order chi connectivity index (χ0) is 14.8. The van der Waals surface area contributed by atoms with E-state index in [2.05, 4.69) is 26.2 Å². The minimum Gasteiger partial charge on any atom is -0.397 e. The number of thiophene rings is 1. The molecule has 106 valence electrons. The van der Waals surface area contributed by atoms with Crippen LogP contribution in [0.4, 0.5) is 5.69 Å². The fourth-order valence-corrected chi connectivity index (χ4v) is 3.30. The first-order chi connectivity index (χ1) is 10.1. The molecule has 1 amide bonds. The molecular formula is C15H12BrN3OS. The summed E-state index contributed by atoms with van der Waals surface area (Å²) in [7, 11) is 0. The number of amides is 1. The van der Waals surface area contributed by atoms with Crippen LogP contribution in [0.5, 0.6) is 0 Å². The number of nitrogens with one attached hydrogen (secondary N) is 1. The molecule has 3 aromatic rings. The molecule has 0 aliphatic heterocycles. The number of carbonyl (C=O) groups excluding carboxylic acids is 1. The minimum absolute atomic E-state index is 0.171. The molecule has 21 heavy (non-hydrogen) atoms. The average molecular weight is 362 g/mol. The molecule has 0 radical (unpaired) electrons. The first kappa shape index (κ1) is 14.0. The molecule has 6 heteroatoms. The van der Waals surface area contributed by atoms with E-state index in [4.69, 9.17) is 5.73 Å². The number of hydrogen-bond donors (Lipinski definition) is 2. The Hall–Kier alpha value is -1.92. The van der Waals surface area contributed by atoms with E-state index in [-0.39, 0.29) is 5.91 Å². The van der Waals surface area contributed by atoms with Gasteiger partial charge in [0.05, 0.1) is 5.69 Å². The van der Waals surface area contributed by atoms with E-state index in [0.29, 0.717) is 17.1 Å². The number of nitrogen functional groups attached to an aromatic ring is 1. The van der Waals surface area contributed by atoms with Crippen LogP contribution in [0.15, 0.2) is 47.1 Å². The van der Waals surface area contributed by atoms with Crippen LogP contribution in [-0.4, -0.2) is 10.9 Å². The van der Waals surface area contributed by atoms with Crippen LogP contribution in [0.25, 0.3) is 10.2 Å². The second-order valence-corrected chi connectivity index (χ2v) is 6.43. The molecule has 0 atom stereocenters. The Kier molecular flexibility index (Phi) is 3.90. The normalized spacial score (nSPS) is 10.7. The molecule has 0 fully saturated rings. The Balaban J connectivity index is 1.83. The van der Waals surface area contributed by atoms with Crippen molar-refractivity contribution in [1.82, 2.24) is 10.3 Å². The SMILES string of the molecule is Nc1c(C(=O)NCc2ccccc2)sc2ncc(Br)cc12. The van der Waals surface area contributed by atoms with Gasteiger partial charge in [0.1, 0.15) is 9.71 Å². The Morgan fingerprint density at radius 1 is 1.33 bits per heavy atom. The van der Waals surface area contributed by atoms with Gasteiger partial charge in [0.25, 0.3) is 5.91 Å². The van der Waals surface area contributed by atoms with Gasteiger partial charge in [-0.25, -0.2) is 4.98 Å². The van der Waals surface area contributed by atoms with E-state index in [1.807, 2.05) is 36.4 Å². The first-order valence-corrected chi connectivity index (χ1v) is 7.92. The molecule has 3 rings (SSSR count). The molecule has 0 aliphatic rings. The molecule has 0 saturated heterocycles. The molecule has 0 bridgehead atoms. The highest BCUT2D eigenvalue weighted by atomic mass is 79.9. The van der Waals surface area contributed by atoms with Gasteiger partial charge in [-0.2, -0.15) is 0 Å². The fourth-order valence-electron chi connectivity index (χ4n) is 2.00. The summed E-state index contributed by atoms with van der Waals surface area (Å²) in [6.07, 6.45) is 1.70. The van der Waals surface area contributed by atoms with Crippen LogP contribution < -0.4 is 11.1 Å². The second-order valence-electron chi connectivity index (χ2n) is 4.52. The maximum absolute atomic E-state index is 12.3. The summed E-state index contributed by atoms with van der Waals surface area (Å²) in [6, 6.07) is 11.6. The third-order valence-electron chi connectivity index (χ3n) is 3.05. The number of fused-ring (bicyclic) bond motifs is 1. The topological polar surface area (TPSA) is 68.0 Å². The lowest BCUT2D eigenvalue weighted by Crippen LogP contribution is -2.22. The summed E-state index contributed by atoms with van der Waals surface area (Å²) in [4.78, 5) is 17.8. The third kappa shape index (κ3) is 2.91. The number of pyridine rings is 1. The lowest BCUT2D eigenvalue weighted by molar-refractivity contribution is 0.0956. The summed E-state index contributed by atoms with van der Waals surface area (Å²) in [5.74, 6) is -0.171. The highest BCUT2D eigenvalue weighted by molar-refractivity contribution is 9.10. The van der Waals surface area contributed by atoms with Crippen LogP contribution in [0.3, 0.4) is 0 Å². The van der Waals surface area contributed by atoms with Gasteiger partial charge in [-0.05, 0) is 27.6 Å². The quantitative estimate of drug-likeness (QED) is 0.749. The van der Waals surface area contributed by atoms with Crippen molar-refractivity contribution in [3.8, 4) is 0 Å². The Labute approximate surface area is 134 Å². The van der Waals surface area contributed by atoms with E-state index in [0.717, 1.165) is 20.3 Å². The number of anilines is 1. The number of carbonyl (C=O) groups is 1. The van der Waals surface area contributed by atoms with Crippen molar-refractivity contribution in [3.05, 3.63) is 57.5 Å². The first-order valence-electron chi connectivity index (χ1n) is 6.31. The van der Waals surface area contributed by atoms with Crippen molar-refractivity contribution < 1.29 is 4.79 Å². The van der Waals surface area contributed by atoms with E-state index in [1.165, 1.54) is 11.3 Å². The van der Waals surface area contributed by atoms with Crippen LogP contribution >= 0.6 is 27.3 Å². The van der Waals surface area contributed by atoms with Gasteiger partial charge in [-0.15, -0.1) is 11.3 Å². The summed E-state index contributed by atoms with van der Waals surface area (Å²) < 4.78 is 0.843. The Morgan fingerprint density at radius 2 is 2.10 bits per heavy atom. The molecule has 0 spiro atoms. The van der Waals surface area contributed by atoms with Crippen LogP contribution in [0.2, 0.25) is 0 Å². The molecule has 0 unspecified atom stereocenters. The molecule has 4 nitrogen and oxygen atoms in total. The highest BCUT2D eigenvalue weighted by Crippen LogP contribution is 2.33. The summed E-state index contributed by atoms with van der Waals surface area (Å²) in [5.41, 5.74) is 7.59. The van der Waals surface area contributed by atoms with Crippen molar-refractivity contribution in [2.45, 2.75) is 6.54 Å². The zero-order valence-electron chi connectivity index (χ0n) is 11.0. The summed E-state index contributed by atoms with van der Waals surface area (Å²) in [6.45, 7) is 0.477. The number of halogens is 1. The van der Waals surface area contributed by atoms with Crippen LogP contribution in [-0.2, 0) is 6.54 Å². The van der Waals surface area contributed by atoms with Gasteiger partial charge in [-0.3, -0.25) is 4.79 Å². The molecule has 3 N–H and O–H groups in total. The van der Waals surface area contributed by atoms with E-state index in [9.17, 15) is 4.79 Å². The van der Waals surface area contributed by atoms with E-state index < -0.39 is 0 Å². The van der Waals surface area contributed by atoms with Crippen molar-refractivity contribution in [3.63, 3.8) is 0 Å². The molecule has 0 aliphatic carbocycles. The van der Waals surface area contributed by atoms with Gasteiger partial charge in [0.2, 0.25) is 0 Å². The van der Waals surface area contributed by atoms with Gasteiger partial charge >= 0.3 is 0 Å². The van der Waals surface area contributed by atoms with Crippen molar-refractivity contribution >= 4 is 49.1 Å². The van der Waals surface area contributed by atoms with E-state index >= 15 is 0 Å². The van der Waals surface area contributed by atoms with Crippen LogP contribution in [0.1, 0.15) is 15.2 Å². The largest absolute Gasteiger partial charge is 0.397 e. The molecular weight excluding hydrogens is 350 g/mol. The standard InChI is InChI=1S/C15H12BrN3OS/c16-10-6-11-12(17)13(21-15(11)19-8-10)14(20)18-7-9-4-2-1-3-5-9/h1-6,8H,7,17H2,(H,18,20). The maximum Gasteiger partial charge on any atom is 0.263 e. The fraction of sp³-hybridized carbons (Fsp3) is 0.0667. The van der Waals surface area contributed by atoms with Gasteiger partial charge in [0.15, 0.2) is 0 Å². The number of hydrogen-bond acceptors (Lipinski definition) is 4. The van der Waals surface area contributed by atoms with Gasteiger partial charge in [-0.1, -0.05) is 30.3 Å². The predicted molar refractivity (Wildman–Crippen MR) is 89.3 cm³/mol. The highest BCUT2D eigenvalue weighted by Gasteiger charge is 2.17. The molecule has 2 heterocycles. The van der Waals surface area contributed by atoms with Gasteiger partial charge < -0.3 is 11.1 Å². The smallest absolute Gasteiger partial charge is 0.263 e. The minimum atomic E-state index is -0.171. The molecule has 1 aromatic carbocycles. The number of aromatic nitrogens is 1. The van der Waals surface area contributed by atoms with Gasteiger partial charge in [0, 0.05) is 22.6 Å². The van der Waals surface area contributed by atoms with Crippen molar-refractivity contribution in [2.75, 3.05) is 5.73 Å². The lowest BCUT2D eigenvalue weighted by atomic mass is 10.2. The monoisotopic (exact) mass is 361 g/mol. The zero-order valence-corrected chi connectivity index (χ0v) is 13.4. The van der Waals surface area contributed by atoms with Crippen LogP contribution in [0, 0.1) is 0 Å². The molecule has 2 aromatic heterocycles. The Bertz CT molecular complexity index is 801. The lowest BCUT2D eigenvalue weighted by Gasteiger charge is -2.04. The Morgan fingerprint density at radius 3 is 2.86 bits per heavy atom. The number of benzene rings is 1. The number of nitrogens with two attached hydrogens (primary N) is 1. The number of nitrogens with zero attached hydrogens (tertiary/aromatic N) is 1. The van der Waals surface area contributed by atoms with Crippen molar-refractivity contribution in [1.29, 1.82) is 0 Å². The number of rotatable bonds is 3. The summed E-state index contributed by atoms with van der Waals surface area (Å²) >= 11 is 4.67. The second kappa shape index (κ2) is 5.83. The average Bonchev–Trinajstić information content (AvgIpc) is 2.83. The summed E-state index contributed by atoms with van der Waals surface area (Å²) in [5, 5.41) is 3.69. The van der Waals surface area contributed by atoms with Crippen molar-refractivity contribution in [2.24, 2.45) is 0 Å². The third-order valence-corrected chi connectivity index (χ3v) is 4.62. The molecule has 0 saturated carbocycles.